The molecule has 0 radical (unpaired) electrons. The number of pyridine rings is 1. The lowest BCUT2D eigenvalue weighted by atomic mass is 10.2. The van der Waals surface area contributed by atoms with Crippen LogP contribution >= 0.6 is 0 Å². The molecule has 0 aliphatic rings. The average molecular weight is 266 g/mol. The molecule has 1 amide bonds. The predicted octanol–water partition coefficient (Wildman–Crippen LogP) is 2.09. The number of fused-ring (bicyclic) bond motifs is 1. The fourth-order valence-corrected chi connectivity index (χ4v) is 2.28. The summed E-state index contributed by atoms with van der Waals surface area (Å²) in [5.41, 5.74) is 3.22. The molecule has 1 aromatic carbocycles. The molecule has 0 unspecified atom stereocenters. The molecular weight excluding hydrogens is 252 g/mol. The molecule has 0 atom stereocenters. The summed E-state index contributed by atoms with van der Waals surface area (Å²) in [6, 6.07) is 11.5. The van der Waals surface area contributed by atoms with Crippen LogP contribution in [0.25, 0.3) is 16.7 Å². The van der Waals surface area contributed by atoms with E-state index in [1.54, 1.807) is 19.3 Å². The molecule has 3 aromatic rings. The Morgan fingerprint density at radius 2 is 2.05 bits per heavy atom. The van der Waals surface area contributed by atoms with E-state index >= 15 is 0 Å². The van der Waals surface area contributed by atoms with Gasteiger partial charge in [-0.1, -0.05) is 12.1 Å². The van der Waals surface area contributed by atoms with Crippen molar-refractivity contribution in [3.05, 3.63) is 54.1 Å². The second kappa shape index (κ2) is 4.77. The molecule has 0 bridgehead atoms. The Balaban J connectivity index is 2.21. The van der Waals surface area contributed by atoms with Gasteiger partial charge in [0.25, 0.3) is 5.91 Å². The molecule has 5 nitrogen and oxygen atoms in total. The van der Waals surface area contributed by atoms with Gasteiger partial charge < -0.3 is 5.32 Å². The van der Waals surface area contributed by atoms with Crippen LogP contribution in [0.3, 0.4) is 0 Å². The first-order chi connectivity index (χ1) is 9.70. The largest absolute Gasteiger partial charge is 0.354 e. The molecule has 0 aliphatic heterocycles. The Labute approximate surface area is 116 Å². The molecule has 2 heterocycles. The standard InChI is InChI=1S/C15H14N4O/c1-10-18-12-5-3-4-6-14(12)19(10)11-7-8-17-13(9-11)15(20)16-2/h3-9H,1-2H3,(H,16,20). The molecule has 5 heteroatoms. The first-order valence-electron chi connectivity index (χ1n) is 6.33. The van der Waals surface area contributed by atoms with Crippen LogP contribution in [0.4, 0.5) is 0 Å². The maximum atomic E-state index is 11.7. The van der Waals surface area contributed by atoms with Gasteiger partial charge in [-0.15, -0.1) is 0 Å². The zero-order valence-corrected chi connectivity index (χ0v) is 11.3. The number of carbonyl (C=O) groups is 1. The Morgan fingerprint density at radius 1 is 1.25 bits per heavy atom. The summed E-state index contributed by atoms with van der Waals surface area (Å²) in [6.45, 7) is 1.94. The molecule has 2 aromatic heterocycles. The number of rotatable bonds is 2. The topological polar surface area (TPSA) is 59.8 Å². The molecule has 0 saturated heterocycles. The van der Waals surface area contributed by atoms with E-state index in [-0.39, 0.29) is 5.91 Å². The molecule has 0 spiro atoms. The molecule has 3 rings (SSSR count). The summed E-state index contributed by atoms with van der Waals surface area (Å²) in [5.74, 6) is 0.675. The smallest absolute Gasteiger partial charge is 0.269 e. The summed E-state index contributed by atoms with van der Waals surface area (Å²) in [6.07, 6.45) is 1.63. The molecule has 100 valence electrons. The number of nitrogens with zero attached hydrogens (tertiary/aromatic N) is 3. The van der Waals surface area contributed by atoms with Gasteiger partial charge in [0, 0.05) is 13.2 Å². The highest BCUT2D eigenvalue weighted by Gasteiger charge is 2.11. The van der Waals surface area contributed by atoms with E-state index in [1.165, 1.54) is 0 Å². The fraction of sp³-hybridized carbons (Fsp3) is 0.133. The molecule has 1 N–H and O–H groups in total. The Hall–Kier alpha value is -2.69. The van der Waals surface area contributed by atoms with Crippen LogP contribution in [0, 0.1) is 6.92 Å². The van der Waals surface area contributed by atoms with E-state index in [9.17, 15) is 4.79 Å². The minimum Gasteiger partial charge on any atom is -0.354 e. The van der Waals surface area contributed by atoms with Gasteiger partial charge >= 0.3 is 0 Å². The van der Waals surface area contributed by atoms with Gasteiger partial charge in [-0.2, -0.15) is 0 Å². The number of nitrogens with one attached hydrogen (secondary N) is 1. The van der Waals surface area contributed by atoms with Crippen LogP contribution in [0.15, 0.2) is 42.6 Å². The number of aromatic nitrogens is 3. The fourth-order valence-electron chi connectivity index (χ4n) is 2.28. The monoisotopic (exact) mass is 266 g/mol. The highest BCUT2D eigenvalue weighted by molar-refractivity contribution is 5.92. The highest BCUT2D eigenvalue weighted by Crippen LogP contribution is 2.21. The second-order valence-electron chi connectivity index (χ2n) is 4.46. The number of para-hydroxylation sites is 2. The lowest BCUT2D eigenvalue weighted by Crippen LogP contribution is -2.19. The van der Waals surface area contributed by atoms with Crippen molar-refractivity contribution in [2.75, 3.05) is 7.05 Å². The second-order valence-corrected chi connectivity index (χ2v) is 4.46. The van der Waals surface area contributed by atoms with Gasteiger partial charge in [-0.05, 0) is 31.2 Å². The third-order valence-electron chi connectivity index (χ3n) is 3.19. The van der Waals surface area contributed by atoms with Crippen LogP contribution < -0.4 is 5.32 Å². The van der Waals surface area contributed by atoms with Crippen LogP contribution in [0.5, 0.6) is 0 Å². The van der Waals surface area contributed by atoms with Gasteiger partial charge in [-0.25, -0.2) is 4.98 Å². The highest BCUT2D eigenvalue weighted by atomic mass is 16.1. The van der Waals surface area contributed by atoms with Crippen molar-refractivity contribution in [2.45, 2.75) is 6.92 Å². The van der Waals surface area contributed by atoms with Crippen LogP contribution in [0.1, 0.15) is 16.3 Å². The summed E-state index contributed by atoms with van der Waals surface area (Å²) >= 11 is 0. The summed E-state index contributed by atoms with van der Waals surface area (Å²) in [7, 11) is 1.59. The third kappa shape index (κ3) is 1.93. The lowest BCUT2D eigenvalue weighted by Gasteiger charge is -2.08. The van der Waals surface area contributed by atoms with Crippen LogP contribution in [-0.4, -0.2) is 27.5 Å². The molecule has 0 fully saturated rings. The van der Waals surface area contributed by atoms with Crippen molar-refractivity contribution in [1.82, 2.24) is 19.9 Å². The quantitative estimate of drug-likeness (QED) is 0.772. The number of carbonyl (C=O) groups excluding carboxylic acids is 1. The zero-order valence-electron chi connectivity index (χ0n) is 11.3. The Kier molecular flexibility index (Phi) is 2.95. The molecular formula is C15H14N4O. The predicted molar refractivity (Wildman–Crippen MR) is 77.0 cm³/mol. The van der Waals surface area contributed by atoms with Gasteiger partial charge in [0.15, 0.2) is 0 Å². The molecule has 20 heavy (non-hydrogen) atoms. The SMILES string of the molecule is CNC(=O)c1cc(-n2c(C)nc3ccccc32)ccn1. The van der Waals surface area contributed by atoms with Crippen molar-refractivity contribution >= 4 is 16.9 Å². The zero-order chi connectivity index (χ0) is 14.1. The number of imidazole rings is 1. The number of benzene rings is 1. The van der Waals surface area contributed by atoms with E-state index in [0.717, 1.165) is 22.5 Å². The van der Waals surface area contributed by atoms with Crippen molar-refractivity contribution in [2.24, 2.45) is 0 Å². The van der Waals surface area contributed by atoms with E-state index in [2.05, 4.69) is 15.3 Å². The normalized spacial score (nSPS) is 10.7. The minimum atomic E-state index is -0.200. The summed E-state index contributed by atoms with van der Waals surface area (Å²) < 4.78 is 2.02. The summed E-state index contributed by atoms with van der Waals surface area (Å²) in [4.78, 5) is 20.3. The number of hydrogen-bond donors (Lipinski definition) is 1. The van der Waals surface area contributed by atoms with Crippen molar-refractivity contribution in [3.63, 3.8) is 0 Å². The van der Waals surface area contributed by atoms with E-state index in [4.69, 9.17) is 0 Å². The van der Waals surface area contributed by atoms with Gasteiger partial charge in [-0.3, -0.25) is 14.3 Å². The molecule has 0 saturated carbocycles. The minimum absolute atomic E-state index is 0.200. The van der Waals surface area contributed by atoms with Crippen LogP contribution in [0.2, 0.25) is 0 Å². The van der Waals surface area contributed by atoms with Crippen LogP contribution in [-0.2, 0) is 0 Å². The summed E-state index contributed by atoms with van der Waals surface area (Å²) in [5, 5.41) is 2.58. The van der Waals surface area contributed by atoms with Gasteiger partial charge in [0.1, 0.15) is 11.5 Å². The van der Waals surface area contributed by atoms with Crippen molar-refractivity contribution in [3.8, 4) is 5.69 Å². The van der Waals surface area contributed by atoms with Crippen molar-refractivity contribution < 1.29 is 4.79 Å². The number of hydrogen-bond acceptors (Lipinski definition) is 3. The Bertz CT molecular complexity index is 791. The third-order valence-corrected chi connectivity index (χ3v) is 3.19. The first kappa shape index (κ1) is 12.3. The maximum Gasteiger partial charge on any atom is 0.269 e. The van der Waals surface area contributed by atoms with Crippen molar-refractivity contribution in [1.29, 1.82) is 0 Å². The maximum absolute atomic E-state index is 11.7. The van der Waals surface area contributed by atoms with E-state index in [1.807, 2.05) is 41.8 Å². The molecule has 0 aliphatic carbocycles. The van der Waals surface area contributed by atoms with Gasteiger partial charge in [0.05, 0.1) is 16.7 Å². The number of aryl methyl sites for hydroxylation is 1. The van der Waals surface area contributed by atoms with Gasteiger partial charge in [0.2, 0.25) is 0 Å². The van der Waals surface area contributed by atoms with E-state index in [0.29, 0.717) is 5.69 Å². The number of amides is 1. The Morgan fingerprint density at radius 3 is 2.85 bits per heavy atom. The van der Waals surface area contributed by atoms with E-state index < -0.39 is 0 Å². The first-order valence-corrected chi connectivity index (χ1v) is 6.33. The average Bonchev–Trinajstić information content (AvgIpc) is 2.82. The lowest BCUT2D eigenvalue weighted by molar-refractivity contribution is 0.0958.